The van der Waals surface area contributed by atoms with Gasteiger partial charge in [0, 0.05) is 45.7 Å². The average Bonchev–Trinajstić information content (AvgIpc) is 2.92. The summed E-state index contributed by atoms with van der Waals surface area (Å²) in [4.78, 5) is 41.4. The predicted molar refractivity (Wildman–Crippen MR) is 98.3 cm³/mol. The zero-order chi connectivity index (χ0) is 19.6. The summed E-state index contributed by atoms with van der Waals surface area (Å²) in [6.45, 7) is 1.15. The molecule has 0 spiro atoms. The molecule has 7 nitrogen and oxygen atoms in total. The summed E-state index contributed by atoms with van der Waals surface area (Å²) in [5.41, 5.74) is -0.640. The summed E-state index contributed by atoms with van der Waals surface area (Å²) in [6.07, 6.45) is 1.69. The molecule has 2 atom stereocenters. The number of likely N-dealkylation sites (tertiary alicyclic amines) is 2. The van der Waals surface area contributed by atoms with Crippen molar-refractivity contribution in [1.82, 2.24) is 9.80 Å². The van der Waals surface area contributed by atoms with Crippen molar-refractivity contribution in [2.75, 3.05) is 34.4 Å². The van der Waals surface area contributed by atoms with Crippen LogP contribution >= 0.6 is 0 Å². The van der Waals surface area contributed by atoms with Crippen molar-refractivity contribution in [3.8, 4) is 5.75 Å². The SMILES string of the molecule is COc1ccccc1[C@]1(CC(=O)N2CCC[C@@H](OC)C2)CC(=O)N(C)C1=O. The Morgan fingerprint density at radius 1 is 1.26 bits per heavy atom. The summed E-state index contributed by atoms with van der Waals surface area (Å²) >= 11 is 0. The van der Waals surface area contributed by atoms with E-state index in [1.54, 1.807) is 36.3 Å². The molecule has 2 saturated heterocycles. The summed E-state index contributed by atoms with van der Waals surface area (Å²) in [5.74, 6) is -0.271. The maximum Gasteiger partial charge on any atom is 0.240 e. The van der Waals surface area contributed by atoms with Gasteiger partial charge >= 0.3 is 0 Å². The van der Waals surface area contributed by atoms with Crippen molar-refractivity contribution < 1.29 is 23.9 Å². The third-order valence-electron chi connectivity index (χ3n) is 5.68. The molecule has 2 heterocycles. The first-order valence-electron chi connectivity index (χ1n) is 9.18. The predicted octanol–water partition coefficient (Wildman–Crippen LogP) is 1.35. The fourth-order valence-corrected chi connectivity index (χ4v) is 4.10. The van der Waals surface area contributed by atoms with Crippen molar-refractivity contribution in [1.29, 1.82) is 0 Å². The van der Waals surface area contributed by atoms with Gasteiger partial charge in [0.15, 0.2) is 0 Å². The Kier molecular flexibility index (Phi) is 5.51. The van der Waals surface area contributed by atoms with Gasteiger partial charge in [-0.3, -0.25) is 19.3 Å². The van der Waals surface area contributed by atoms with Gasteiger partial charge in [0.05, 0.1) is 18.6 Å². The summed E-state index contributed by atoms with van der Waals surface area (Å²) < 4.78 is 10.8. The van der Waals surface area contributed by atoms with Gasteiger partial charge in [0.2, 0.25) is 17.7 Å². The van der Waals surface area contributed by atoms with Crippen LogP contribution in [-0.2, 0) is 24.5 Å². The maximum absolute atomic E-state index is 13.1. The molecule has 2 fully saturated rings. The Morgan fingerprint density at radius 3 is 2.63 bits per heavy atom. The van der Waals surface area contributed by atoms with Crippen LogP contribution in [0.3, 0.4) is 0 Å². The zero-order valence-electron chi connectivity index (χ0n) is 16.1. The molecule has 3 rings (SSSR count). The number of rotatable bonds is 5. The molecule has 7 heteroatoms. The van der Waals surface area contributed by atoms with E-state index in [-0.39, 0.29) is 36.7 Å². The van der Waals surface area contributed by atoms with Crippen molar-refractivity contribution in [3.05, 3.63) is 29.8 Å². The third kappa shape index (κ3) is 3.43. The van der Waals surface area contributed by atoms with Crippen LogP contribution in [0, 0.1) is 0 Å². The molecule has 2 aliphatic heterocycles. The molecule has 1 aromatic rings. The van der Waals surface area contributed by atoms with E-state index in [4.69, 9.17) is 9.47 Å². The molecule has 0 N–H and O–H groups in total. The second kappa shape index (κ2) is 7.68. The van der Waals surface area contributed by atoms with Crippen LogP contribution in [0.25, 0.3) is 0 Å². The Bertz CT molecular complexity index is 750. The largest absolute Gasteiger partial charge is 0.496 e. The molecule has 0 bridgehead atoms. The number of hydrogen-bond donors (Lipinski definition) is 0. The Hall–Kier alpha value is -2.41. The minimum absolute atomic E-state index is 0.00787. The molecule has 0 radical (unpaired) electrons. The van der Waals surface area contributed by atoms with Gasteiger partial charge in [-0.05, 0) is 18.9 Å². The minimum atomic E-state index is -1.23. The molecular formula is C20H26N2O5. The molecular weight excluding hydrogens is 348 g/mol. The van der Waals surface area contributed by atoms with Crippen molar-refractivity contribution >= 4 is 17.7 Å². The first-order chi connectivity index (χ1) is 12.9. The van der Waals surface area contributed by atoms with Gasteiger partial charge in [-0.25, -0.2) is 0 Å². The number of piperidine rings is 1. The molecule has 0 aliphatic carbocycles. The summed E-state index contributed by atoms with van der Waals surface area (Å²) in [7, 11) is 4.63. The van der Waals surface area contributed by atoms with E-state index in [1.807, 2.05) is 0 Å². The smallest absolute Gasteiger partial charge is 0.240 e. The van der Waals surface area contributed by atoms with E-state index in [2.05, 4.69) is 0 Å². The standard InChI is InChI=1S/C20H26N2O5/c1-21-17(23)11-20(19(21)25,15-8-4-5-9-16(15)27-3)12-18(24)22-10-6-7-14(13-22)26-2/h4-5,8-9,14H,6-7,10-13H2,1-3H3/t14-,20-/m1/s1. The number of ether oxygens (including phenoxy) is 2. The van der Waals surface area contributed by atoms with E-state index in [9.17, 15) is 14.4 Å². The molecule has 0 aromatic heterocycles. The lowest BCUT2D eigenvalue weighted by atomic mass is 9.75. The Balaban J connectivity index is 1.96. The molecule has 27 heavy (non-hydrogen) atoms. The first kappa shape index (κ1) is 19.4. The number of carbonyl (C=O) groups excluding carboxylic acids is 3. The van der Waals surface area contributed by atoms with Gasteiger partial charge in [-0.15, -0.1) is 0 Å². The number of hydrogen-bond acceptors (Lipinski definition) is 5. The molecule has 3 amide bonds. The number of nitrogens with zero attached hydrogens (tertiary/aromatic N) is 2. The number of carbonyl (C=O) groups is 3. The Morgan fingerprint density at radius 2 is 2.00 bits per heavy atom. The monoisotopic (exact) mass is 374 g/mol. The quantitative estimate of drug-likeness (QED) is 0.727. The lowest BCUT2D eigenvalue weighted by molar-refractivity contribution is -0.142. The average molecular weight is 374 g/mol. The molecule has 2 aliphatic rings. The normalized spacial score (nSPS) is 25.8. The Labute approximate surface area is 159 Å². The maximum atomic E-state index is 13.1. The highest BCUT2D eigenvalue weighted by molar-refractivity contribution is 6.10. The summed E-state index contributed by atoms with van der Waals surface area (Å²) in [5, 5.41) is 0. The number of benzene rings is 1. The lowest BCUT2D eigenvalue weighted by Gasteiger charge is -2.35. The highest BCUT2D eigenvalue weighted by Gasteiger charge is 2.54. The van der Waals surface area contributed by atoms with E-state index in [1.165, 1.54) is 14.2 Å². The van der Waals surface area contributed by atoms with Crippen LogP contribution in [-0.4, -0.2) is 68.0 Å². The van der Waals surface area contributed by atoms with Crippen molar-refractivity contribution in [2.24, 2.45) is 0 Å². The molecule has 146 valence electrons. The summed E-state index contributed by atoms with van der Waals surface area (Å²) in [6, 6.07) is 7.11. The zero-order valence-corrected chi connectivity index (χ0v) is 16.1. The van der Waals surface area contributed by atoms with Crippen LogP contribution in [0.4, 0.5) is 0 Å². The highest BCUT2D eigenvalue weighted by Crippen LogP contribution is 2.43. The number of methoxy groups -OCH3 is 2. The van der Waals surface area contributed by atoms with E-state index < -0.39 is 5.41 Å². The molecule has 0 saturated carbocycles. The van der Waals surface area contributed by atoms with Crippen LogP contribution in [0.1, 0.15) is 31.2 Å². The van der Waals surface area contributed by atoms with E-state index in [0.29, 0.717) is 24.4 Å². The number of amides is 3. The van der Waals surface area contributed by atoms with Crippen molar-refractivity contribution in [3.63, 3.8) is 0 Å². The molecule has 1 aromatic carbocycles. The highest BCUT2D eigenvalue weighted by atomic mass is 16.5. The van der Waals surface area contributed by atoms with Crippen LogP contribution in [0.2, 0.25) is 0 Å². The number of para-hydroxylation sites is 1. The first-order valence-corrected chi connectivity index (χ1v) is 9.18. The second-order valence-corrected chi connectivity index (χ2v) is 7.23. The topological polar surface area (TPSA) is 76.2 Å². The van der Waals surface area contributed by atoms with E-state index in [0.717, 1.165) is 17.7 Å². The van der Waals surface area contributed by atoms with Gasteiger partial charge < -0.3 is 14.4 Å². The fourth-order valence-electron chi connectivity index (χ4n) is 4.10. The van der Waals surface area contributed by atoms with Crippen LogP contribution in [0.15, 0.2) is 24.3 Å². The van der Waals surface area contributed by atoms with Crippen LogP contribution in [0.5, 0.6) is 5.75 Å². The second-order valence-electron chi connectivity index (χ2n) is 7.23. The van der Waals surface area contributed by atoms with Crippen LogP contribution < -0.4 is 4.74 Å². The van der Waals surface area contributed by atoms with Gasteiger partial charge in [-0.1, -0.05) is 18.2 Å². The number of likely N-dealkylation sites (N-methyl/N-ethyl adjacent to an activating group) is 1. The fraction of sp³-hybridized carbons (Fsp3) is 0.550. The minimum Gasteiger partial charge on any atom is -0.496 e. The lowest BCUT2D eigenvalue weighted by Crippen LogP contribution is -2.47. The van der Waals surface area contributed by atoms with Gasteiger partial charge in [0.25, 0.3) is 0 Å². The van der Waals surface area contributed by atoms with Crippen molar-refractivity contribution in [2.45, 2.75) is 37.2 Å². The van der Waals surface area contributed by atoms with E-state index >= 15 is 0 Å². The number of imide groups is 1. The van der Waals surface area contributed by atoms with Gasteiger partial charge in [0.1, 0.15) is 5.75 Å². The van der Waals surface area contributed by atoms with Gasteiger partial charge in [-0.2, -0.15) is 0 Å². The third-order valence-corrected chi connectivity index (χ3v) is 5.68. The molecule has 0 unspecified atom stereocenters.